The fourth-order valence-electron chi connectivity index (χ4n) is 3.73. The monoisotopic (exact) mass is 460 g/mol. The summed E-state index contributed by atoms with van der Waals surface area (Å²) in [5.41, 5.74) is 1.39. The minimum absolute atomic E-state index is 0.219. The van der Waals surface area contributed by atoms with Gasteiger partial charge in [0.2, 0.25) is 0 Å². The first-order chi connectivity index (χ1) is 16.1. The molecule has 0 saturated heterocycles. The Labute approximate surface area is 196 Å². The molecule has 1 N–H and O–H groups in total. The Kier molecular flexibility index (Phi) is 9.67. The number of ether oxygens (including phenoxy) is 4. The van der Waals surface area contributed by atoms with Crippen molar-refractivity contribution < 1.29 is 28.4 Å². The van der Waals surface area contributed by atoms with Crippen molar-refractivity contribution >= 4 is 0 Å². The summed E-state index contributed by atoms with van der Waals surface area (Å²) in [6.45, 7) is 7.96. The molecule has 1 heterocycles. The second-order valence-electron chi connectivity index (χ2n) is 8.50. The summed E-state index contributed by atoms with van der Waals surface area (Å²) in [6.07, 6.45) is 4.65. The second-order valence-corrected chi connectivity index (χ2v) is 8.50. The number of rotatable bonds is 13. The molecule has 0 aliphatic carbocycles. The molecule has 182 valence electrons. The Morgan fingerprint density at radius 2 is 1.52 bits per heavy atom. The normalized spacial score (nSPS) is 17.2. The van der Waals surface area contributed by atoms with Gasteiger partial charge in [-0.1, -0.05) is 46.1 Å². The van der Waals surface area contributed by atoms with E-state index in [2.05, 4.69) is 20.8 Å². The van der Waals surface area contributed by atoms with E-state index in [1.807, 2.05) is 12.1 Å². The summed E-state index contributed by atoms with van der Waals surface area (Å²) in [5, 5.41) is 10.9. The summed E-state index contributed by atoms with van der Waals surface area (Å²) < 4.78 is 38.3. The molecule has 33 heavy (non-hydrogen) atoms. The molecule has 0 bridgehead atoms. The maximum Gasteiger partial charge on any atom is 0.165 e. The first-order valence-corrected chi connectivity index (χ1v) is 12.3. The lowest BCUT2D eigenvalue weighted by Gasteiger charge is -2.32. The Balaban J connectivity index is 1.82. The molecular weight excluding hydrogens is 423 g/mol. The quantitative estimate of drug-likeness (QED) is 0.351. The number of hydrogen-bond acceptors (Lipinski definition) is 5. The number of fused-ring (bicyclic) bond motifs is 1. The van der Waals surface area contributed by atoms with Crippen LogP contribution in [0.5, 0.6) is 23.0 Å². The zero-order chi connectivity index (χ0) is 23.6. The zero-order valence-electron chi connectivity index (χ0n) is 20.1. The van der Waals surface area contributed by atoms with Gasteiger partial charge in [-0.25, -0.2) is 4.39 Å². The third-order valence-electron chi connectivity index (χ3n) is 5.72. The van der Waals surface area contributed by atoms with E-state index in [9.17, 15) is 9.50 Å². The molecule has 1 unspecified atom stereocenters. The Morgan fingerprint density at radius 1 is 0.879 bits per heavy atom. The summed E-state index contributed by atoms with van der Waals surface area (Å²) in [4.78, 5) is 0. The van der Waals surface area contributed by atoms with Gasteiger partial charge in [0.25, 0.3) is 0 Å². The Hall–Kier alpha value is -2.47. The molecule has 2 aromatic carbocycles. The number of aliphatic hydroxyl groups is 1. The summed E-state index contributed by atoms with van der Waals surface area (Å²) in [6, 6.07) is 8.47. The summed E-state index contributed by atoms with van der Waals surface area (Å²) >= 11 is 0. The van der Waals surface area contributed by atoms with Gasteiger partial charge in [0.15, 0.2) is 11.6 Å². The lowest BCUT2D eigenvalue weighted by Crippen LogP contribution is -2.30. The zero-order valence-corrected chi connectivity index (χ0v) is 20.1. The van der Waals surface area contributed by atoms with Gasteiger partial charge in [-0.15, -0.1) is 0 Å². The number of benzene rings is 2. The van der Waals surface area contributed by atoms with Crippen LogP contribution >= 0.6 is 0 Å². The molecule has 6 heteroatoms. The summed E-state index contributed by atoms with van der Waals surface area (Å²) in [5.74, 6) is 1.72. The lowest BCUT2D eigenvalue weighted by atomic mass is 9.94. The first-order valence-electron chi connectivity index (χ1n) is 12.3. The number of aliphatic hydroxyl groups excluding tert-OH is 1. The van der Waals surface area contributed by atoms with Crippen LogP contribution in [0.25, 0.3) is 0 Å². The minimum atomic E-state index is -0.829. The Bertz CT molecular complexity index is 885. The van der Waals surface area contributed by atoms with Crippen LogP contribution in [0.2, 0.25) is 0 Å². The van der Waals surface area contributed by atoms with Crippen molar-refractivity contribution in [1.82, 2.24) is 0 Å². The van der Waals surface area contributed by atoms with E-state index in [0.29, 0.717) is 49.1 Å². The van der Waals surface area contributed by atoms with Crippen LogP contribution in [0, 0.1) is 5.82 Å². The molecule has 2 aromatic rings. The van der Waals surface area contributed by atoms with Crippen molar-refractivity contribution in [3.8, 4) is 23.0 Å². The fraction of sp³-hybridized carbons (Fsp3) is 0.556. The van der Waals surface area contributed by atoms with Crippen LogP contribution in [-0.2, 0) is 6.42 Å². The van der Waals surface area contributed by atoms with Crippen LogP contribution in [-0.4, -0.2) is 31.0 Å². The predicted molar refractivity (Wildman–Crippen MR) is 127 cm³/mol. The maximum absolute atomic E-state index is 14.6. The van der Waals surface area contributed by atoms with Crippen LogP contribution in [0.1, 0.15) is 76.5 Å². The van der Waals surface area contributed by atoms with Crippen molar-refractivity contribution in [1.29, 1.82) is 0 Å². The molecule has 1 aliphatic rings. The lowest BCUT2D eigenvalue weighted by molar-refractivity contribution is 0.0193. The number of halogens is 1. The molecule has 2 atom stereocenters. The van der Waals surface area contributed by atoms with Gasteiger partial charge < -0.3 is 24.1 Å². The van der Waals surface area contributed by atoms with Crippen molar-refractivity contribution in [2.45, 2.75) is 77.9 Å². The molecule has 0 amide bonds. The summed E-state index contributed by atoms with van der Waals surface area (Å²) in [7, 11) is 0. The number of unbranched alkanes of at least 4 members (excludes halogenated alkanes) is 3. The molecule has 0 aromatic heterocycles. The second kappa shape index (κ2) is 12.7. The van der Waals surface area contributed by atoms with Crippen molar-refractivity contribution in [2.75, 3.05) is 19.8 Å². The SMILES string of the molecule is CCCCOc1cc(OCCCC)c2c(c1)OC(c1ccc(OCCCC)c(F)c1)[C@@H](O)C2. The van der Waals surface area contributed by atoms with Crippen LogP contribution in [0.4, 0.5) is 4.39 Å². The molecule has 5 nitrogen and oxygen atoms in total. The van der Waals surface area contributed by atoms with Crippen molar-refractivity contribution in [3.05, 3.63) is 47.3 Å². The Morgan fingerprint density at radius 3 is 2.15 bits per heavy atom. The van der Waals surface area contributed by atoms with Gasteiger partial charge in [0.1, 0.15) is 23.4 Å². The highest BCUT2D eigenvalue weighted by atomic mass is 19.1. The average Bonchev–Trinajstić information content (AvgIpc) is 2.80. The largest absolute Gasteiger partial charge is 0.493 e. The van der Waals surface area contributed by atoms with Crippen LogP contribution in [0.15, 0.2) is 30.3 Å². The highest BCUT2D eigenvalue weighted by Crippen LogP contribution is 2.43. The van der Waals surface area contributed by atoms with E-state index >= 15 is 0 Å². The van der Waals surface area contributed by atoms with Crippen molar-refractivity contribution in [3.63, 3.8) is 0 Å². The van der Waals surface area contributed by atoms with Gasteiger partial charge in [-0.05, 0) is 37.0 Å². The van der Waals surface area contributed by atoms with E-state index in [1.165, 1.54) is 6.07 Å². The minimum Gasteiger partial charge on any atom is -0.493 e. The fourth-order valence-corrected chi connectivity index (χ4v) is 3.73. The average molecular weight is 461 g/mol. The maximum atomic E-state index is 14.6. The van der Waals surface area contributed by atoms with E-state index in [1.54, 1.807) is 12.1 Å². The van der Waals surface area contributed by atoms with Crippen LogP contribution in [0.3, 0.4) is 0 Å². The third-order valence-corrected chi connectivity index (χ3v) is 5.72. The molecule has 1 aliphatic heterocycles. The van der Waals surface area contributed by atoms with E-state index in [0.717, 1.165) is 44.1 Å². The highest BCUT2D eigenvalue weighted by molar-refractivity contribution is 5.52. The standard InChI is InChI=1S/C27H37FO5/c1-4-7-12-30-20-16-25(32-14-9-6-3)21-18-23(29)27(33-26(21)17-20)19-10-11-24(22(28)15-19)31-13-8-5-2/h10-11,15-17,23,27,29H,4-9,12-14,18H2,1-3H3/t23-,27?/m0/s1. The van der Waals surface area contributed by atoms with Gasteiger partial charge in [0.05, 0.1) is 25.9 Å². The number of hydrogen-bond donors (Lipinski definition) is 1. The van der Waals surface area contributed by atoms with Gasteiger partial charge >= 0.3 is 0 Å². The first kappa shape index (κ1) is 25.2. The molecule has 3 rings (SSSR count). The third kappa shape index (κ3) is 6.76. The molecular formula is C27H37FO5. The topological polar surface area (TPSA) is 57.2 Å². The molecule has 0 radical (unpaired) electrons. The van der Waals surface area contributed by atoms with Gasteiger partial charge in [-0.2, -0.15) is 0 Å². The van der Waals surface area contributed by atoms with E-state index in [-0.39, 0.29) is 5.75 Å². The van der Waals surface area contributed by atoms with E-state index in [4.69, 9.17) is 18.9 Å². The van der Waals surface area contributed by atoms with Crippen molar-refractivity contribution in [2.24, 2.45) is 0 Å². The predicted octanol–water partition coefficient (Wildman–Crippen LogP) is 6.40. The van der Waals surface area contributed by atoms with E-state index < -0.39 is 18.0 Å². The van der Waals surface area contributed by atoms with Gasteiger partial charge in [0, 0.05) is 24.1 Å². The molecule has 0 spiro atoms. The van der Waals surface area contributed by atoms with Gasteiger partial charge in [-0.3, -0.25) is 0 Å². The van der Waals surface area contributed by atoms with Crippen LogP contribution < -0.4 is 18.9 Å². The highest BCUT2D eigenvalue weighted by Gasteiger charge is 2.33. The smallest absolute Gasteiger partial charge is 0.165 e. The molecule has 0 fully saturated rings. The molecule has 0 saturated carbocycles.